The van der Waals surface area contributed by atoms with Gasteiger partial charge in [0.2, 0.25) is 0 Å². The van der Waals surface area contributed by atoms with E-state index in [1.165, 1.54) is 6.42 Å². The van der Waals surface area contributed by atoms with Crippen LogP contribution in [0.4, 0.5) is 11.5 Å². The smallest absolute Gasteiger partial charge is 0.339 e. The minimum absolute atomic E-state index is 0.140. The summed E-state index contributed by atoms with van der Waals surface area (Å²) in [6.07, 6.45) is 7.41. The Morgan fingerprint density at radius 1 is 1.52 bits per heavy atom. The SMILES string of the molecule is CSC1CCCCC1Nc1ncc([N+](=O)[O-])cc1C(=O)O. The molecule has 0 amide bonds. The molecule has 0 saturated heterocycles. The summed E-state index contributed by atoms with van der Waals surface area (Å²) in [6, 6.07) is 1.19. The first kappa shape index (κ1) is 15.6. The summed E-state index contributed by atoms with van der Waals surface area (Å²) in [6.45, 7) is 0. The number of carboxylic acid groups (broad SMARTS) is 1. The first-order chi connectivity index (χ1) is 10.0. The molecule has 0 radical (unpaired) electrons. The van der Waals surface area contributed by atoms with Gasteiger partial charge in [-0.05, 0) is 19.1 Å². The molecule has 0 spiro atoms. The molecule has 1 aromatic rings. The molecule has 0 aromatic carbocycles. The van der Waals surface area contributed by atoms with Crippen LogP contribution in [0.1, 0.15) is 36.0 Å². The lowest BCUT2D eigenvalue weighted by Gasteiger charge is -2.31. The van der Waals surface area contributed by atoms with Crippen molar-refractivity contribution in [3.05, 3.63) is 27.9 Å². The van der Waals surface area contributed by atoms with E-state index in [1.54, 1.807) is 11.8 Å². The van der Waals surface area contributed by atoms with E-state index in [1.807, 2.05) is 6.26 Å². The third kappa shape index (κ3) is 3.63. The van der Waals surface area contributed by atoms with Crippen LogP contribution < -0.4 is 5.32 Å². The Hall–Kier alpha value is -1.83. The fraction of sp³-hybridized carbons (Fsp3) is 0.538. The maximum absolute atomic E-state index is 11.3. The van der Waals surface area contributed by atoms with Crippen molar-refractivity contribution in [2.24, 2.45) is 0 Å². The largest absolute Gasteiger partial charge is 0.478 e. The van der Waals surface area contributed by atoms with Gasteiger partial charge < -0.3 is 10.4 Å². The maximum atomic E-state index is 11.3. The van der Waals surface area contributed by atoms with Gasteiger partial charge in [-0.1, -0.05) is 12.8 Å². The number of nitrogens with one attached hydrogen (secondary N) is 1. The molecule has 8 heteroatoms. The molecule has 0 aliphatic heterocycles. The second-order valence-electron chi connectivity index (χ2n) is 4.96. The molecule has 0 bridgehead atoms. The quantitative estimate of drug-likeness (QED) is 0.636. The van der Waals surface area contributed by atoms with E-state index in [9.17, 15) is 20.0 Å². The molecule has 1 heterocycles. The molecular formula is C13H17N3O4S. The maximum Gasteiger partial charge on any atom is 0.339 e. The van der Waals surface area contributed by atoms with E-state index in [2.05, 4.69) is 10.3 Å². The van der Waals surface area contributed by atoms with Crippen molar-refractivity contribution in [2.75, 3.05) is 11.6 Å². The molecule has 2 unspecified atom stereocenters. The average Bonchev–Trinajstić information content (AvgIpc) is 2.47. The molecule has 21 heavy (non-hydrogen) atoms. The number of hydrogen-bond donors (Lipinski definition) is 2. The highest BCUT2D eigenvalue weighted by Crippen LogP contribution is 2.30. The molecular weight excluding hydrogens is 294 g/mol. The Balaban J connectivity index is 2.26. The van der Waals surface area contributed by atoms with E-state index >= 15 is 0 Å². The number of anilines is 1. The van der Waals surface area contributed by atoms with Crippen molar-refractivity contribution >= 4 is 29.2 Å². The van der Waals surface area contributed by atoms with Gasteiger partial charge in [0.15, 0.2) is 0 Å². The number of rotatable bonds is 5. The van der Waals surface area contributed by atoms with E-state index < -0.39 is 10.9 Å². The van der Waals surface area contributed by atoms with Gasteiger partial charge in [-0.2, -0.15) is 11.8 Å². The van der Waals surface area contributed by atoms with Crippen LogP contribution in [0.15, 0.2) is 12.3 Å². The molecule has 1 aliphatic rings. The number of aromatic nitrogens is 1. The van der Waals surface area contributed by atoms with E-state index in [4.69, 9.17) is 0 Å². The second-order valence-corrected chi connectivity index (χ2v) is 6.04. The predicted octanol–water partition coefficient (Wildman–Crippen LogP) is 2.77. The standard InChI is InChI=1S/C13H17N3O4S/c1-21-11-5-3-2-4-10(11)15-12-9(13(17)18)6-8(7-14-12)16(19)20/h6-7,10-11H,2-5H2,1H3,(H,14,15)(H,17,18). The fourth-order valence-electron chi connectivity index (χ4n) is 2.55. The summed E-state index contributed by atoms with van der Waals surface area (Å²) in [4.78, 5) is 25.3. The van der Waals surface area contributed by atoms with Crippen LogP contribution in [0, 0.1) is 10.1 Å². The number of nitro groups is 1. The molecule has 1 aromatic heterocycles. The van der Waals surface area contributed by atoms with Gasteiger partial charge in [-0.25, -0.2) is 9.78 Å². The third-order valence-corrected chi connectivity index (χ3v) is 4.81. The Morgan fingerprint density at radius 2 is 2.24 bits per heavy atom. The van der Waals surface area contributed by atoms with Crippen LogP contribution in [0.3, 0.4) is 0 Å². The van der Waals surface area contributed by atoms with Crippen LogP contribution in [-0.2, 0) is 0 Å². The van der Waals surface area contributed by atoms with Crippen molar-refractivity contribution in [3.63, 3.8) is 0 Å². The zero-order valence-electron chi connectivity index (χ0n) is 11.6. The summed E-state index contributed by atoms with van der Waals surface area (Å²) >= 11 is 1.75. The van der Waals surface area contributed by atoms with Crippen molar-refractivity contribution < 1.29 is 14.8 Å². The highest BCUT2D eigenvalue weighted by atomic mass is 32.2. The van der Waals surface area contributed by atoms with Crippen LogP contribution in [0.5, 0.6) is 0 Å². The lowest BCUT2D eigenvalue weighted by Crippen LogP contribution is -2.35. The van der Waals surface area contributed by atoms with Gasteiger partial charge in [0.1, 0.15) is 17.6 Å². The Bertz CT molecular complexity index is 552. The lowest BCUT2D eigenvalue weighted by atomic mass is 9.94. The number of pyridine rings is 1. The molecule has 2 rings (SSSR count). The number of aromatic carboxylic acids is 1. The highest BCUT2D eigenvalue weighted by Gasteiger charge is 2.26. The number of thioether (sulfide) groups is 1. The molecule has 7 nitrogen and oxygen atoms in total. The van der Waals surface area contributed by atoms with Gasteiger partial charge in [0.05, 0.1) is 4.92 Å². The summed E-state index contributed by atoms with van der Waals surface area (Å²) < 4.78 is 0. The average molecular weight is 311 g/mol. The normalized spacial score (nSPS) is 21.8. The minimum Gasteiger partial charge on any atom is -0.478 e. The van der Waals surface area contributed by atoms with Gasteiger partial charge >= 0.3 is 5.97 Å². The van der Waals surface area contributed by atoms with Crippen LogP contribution in [-0.4, -0.2) is 38.5 Å². The predicted molar refractivity (Wildman–Crippen MR) is 81.0 cm³/mol. The third-order valence-electron chi connectivity index (χ3n) is 3.64. The summed E-state index contributed by atoms with van der Waals surface area (Å²) in [5.41, 5.74) is -0.474. The first-order valence-electron chi connectivity index (χ1n) is 6.70. The van der Waals surface area contributed by atoms with Gasteiger partial charge in [-0.15, -0.1) is 0 Å². The van der Waals surface area contributed by atoms with Crippen LogP contribution in [0.25, 0.3) is 0 Å². The second kappa shape index (κ2) is 6.75. The zero-order valence-corrected chi connectivity index (χ0v) is 12.4. The first-order valence-corrected chi connectivity index (χ1v) is 7.98. The van der Waals surface area contributed by atoms with Crippen molar-refractivity contribution in [1.82, 2.24) is 4.98 Å². The van der Waals surface area contributed by atoms with E-state index in [-0.39, 0.29) is 23.1 Å². The summed E-state index contributed by atoms with van der Waals surface area (Å²) in [5, 5.41) is 23.5. The number of carbonyl (C=O) groups is 1. The minimum atomic E-state index is -1.22. The van der Waals surface area contributed by atoms with Gasteiger partial charge in [-0.3, -0.25) is 10.1 Å². The van der Waals surface area contributed by atoms with Crippen molar-refractivity contribution in [3.8, 4) is 0 Å². The molecule has 1 saturated carbocycles. The molecule has 1 aliphatic carbocycles. The van der Waals surface area contributed by atoms with Gasteiger partial charge in [0, 0.05) is 17.4 Å². The van der Waals surface area contributed by atoms with Crippen molar-refractivity contribution in [1.29, 1.82) is 0 Å². The molecule has 2 atom stereocenters. The highest BCUT2D eigenvalue weighted by molar-refractivity contribution is 7.99. The number of nitrogens with zero attached hydrogens (tertiary/aromatic N) is 2. The monoisotopic (exact) mass is 311 g/mol. The van der Waals surface area contributed by atoms with Crippen LogP contribution >= 0.6 is 11.8 Å². The van der Waals surface area contributed by atoms with E-state index in [0.29, 0.717) is 5.25 Å². The summed E-state index contributed by atoms with van der Waals surface area (Å²) in [5.74, 6) is -1.01. The van der Waals surface area contributed by atoms with Gasteiger partial charge in [0.25, 0.3) is 5.69 Å². The fourth-order valence-corrected chi connectivity index (χ4v) is 3.49. The molecule has 1 fully saturated rings. The Morgan fingerprint density at radius 3 is 2.86 bits per heavy atom. The Kier molecular flexibility index (Phi) is 5.00. The molecule has 2 N–H and O–H groups in total. The lowest BCUT2D eigenvalue weighted by molar-refractivity contribution is -0.385. The topological polar surface area (TPSA) is 105 Å². The zero-order chi connectivity index (χ0) is 15.4. The van der Waals surface area contributed by atoms with Crippen molar-refractivity contribution in [2.45, 2.75) is 37.0 Å². The van der Waals surface area contributed by atoms with Crippen LogP contribution in [0.2, 0.25) is 0 Å². The molecule has 114 valence electrons. The van der Waals surface area contributed by atoms with E-state index in [0.717, 1.165) is 31.5 Å². The number of carboxylic acids is 1. The Labute approximate surface area is 126 Å². The number of hydrogen-bond acceptors (Lipinski definition) is 6. The summed E-state index contributed by atoms with van der Waals surface area (Å²) in [7, 11) is 0.